The molecule has 21 heavy (non-hydrogen) atoms. The van der Waals surface area contributed by atoms with E-state index >= 15 is 0 Å². The molecule has 0 spiro atoms. The quantitative estimate of drug-likeness (QED) is 0.630. The molecule has 1 amide bonds. The molecular weight excluding hydrogens is 274 g/mol. The lowest BCUT2D eigenvalue weighted by Gasteiger charge is -2.08. The summed E-state index contributed by atoms with van der Waals surface area (Å²) in [6.07, 6.45) is 0. The van der Waals surface area contributed by atoms with Crippen LogP contribution >= 0.6 is 0 Å². The van der Waals surface area contributed by atoms with Gasteiger partial charge in [0.25, 0.3) is 0 Å². The Morgan fingerprint density at radius 3 is 2.57 bits per heavy atom. The van der Waals surface area contributed by atoms with Crippen LogP contribution in [0.4, 0.5) is 5.69 Å². The molecule has 3 aromatic rings. The van der Waals surface area contributed by atoms with Crippen LogP contribution in [0.5, 0.6) is 11.5 Å². The second kappa shape index (κ2) is 4.71. The zero-order valence-corrected chi connectivity index (χ0v) is 10.8. The highest BCUT2D eigenvalue weighted by molar-refractivity contribution is 5.92. The van der Waals surface area contributed by atoms with Crippen LogP contribution in [0.3, 0.4) is 0 Å². The molecule has 0 aliphatic heterocycles. The smallest absolute Gasteiger partial charge is 0.417 e. The van der Waals surface area contributed by atoms with E-state index in [2.05, 4.69) is 4.98 Å². The van der Waals surface area contributed by atoms with Gasteiger partial charge in [0, 0.05) is 17.7 Å². The van der Waals surface area contributed by atoms with Gasteiger partial charge in [-0.05, 0) is 24.3 Å². The predicted molar refractivity (Wildman–Crippen MR) is 76.3 cm³/mol. The fraction of sp³-hybridized carbons (Fsp3) is 0. The summed E-state index contributed by atoms with van der Waals surface area (Å²) in [6, 6.07) is 9.36. The highest BCUT2D eigenvalue weighted by Crippen LogP contribution is 2.30. The van der Waals surface area contributed by atoms with Crippen molar-refractivity contribution in [2.45, 2.75) is 0 Å². The second-order valence-corrected chi connectivity index (χ2v) is 4.39. The third kappa shape index (κ3) is 2.44. The number of aromatic nitrogens is 1. The van der Waals surface area contributed by atoms with Crippen LogP contribution in [-0.4, -0.2) is 10.9 Å². The number of carbonyl (C=O) groups is 1. The molecular formula is C14H11N3O4. The topological polar surface area (TPSA) is 124 Å². The van der Waals surface area contributed by atoms with E-state index < -0.39 is 11.7 Å². The molecule has 0 saturated carbocycles. The van der Waals surface area contributed by atoms with Gasteiger partial charge >= 0.3 is 5.76 Å². The Labute approximate surface area is 118 Å². The first-order valence-corrected chi connectivity index (χ1v) is 6.03. The molecule has 7 heteroatoms. The highest BCUT2D eigenvalue weighted by atomic mass is 16.5. The number of anilines is 1. The number of nitrogens with one attached hydrogen (secondary N) is 1. The number of ether oxygens (including phenoxy) is 1. The summed E-state index contributed by atoms with van der Waals surface area (Å²) >= 11 is 0. The van der Waals surface area contributed by atoms with Crippen molar-refractivity contribution in [2.24, 2.45) is 5.73 Å². The SMILES string of the molecule is NC(=O)c1ccc(Oc2cc3[nH]c(=O)oc3cc2N)cc1. The maximum absolute atomic E-state index is 11.1. The molecule has 0 atom stereocenters. The normalized spacial score (nSPS) is 10.7. The van der Waals surface area contributed by atoms with Crippen LogP contribution in [0.1, 0.15) is 10.4 Å². The molecule has 0 saturated heterocycles. The van der Waals surface area contributed by atoms with Crippen molar-refractivity contribution in [3.05, 3.63) is 52.5 Å². The summed E-state index contributed by atoms with van der Waals surface area (Å²) in [7, 11) is 0. The molecule has 1 heterocycles. The van der Waals surface area contributed by atoms with Gasteiger partial charge in [0.05, 0.1) is 11.2 Å². The number of hydrogen-bond donors (Lipinski definition) is 3. The number of oxazole rings is 1. The summed E-state index contributed by atoms with van der Waals surface area (Å²) < 4.78 is 10.5. The number of primary amides is 1. The van der Waals surface area contributed by atoms with Crippen molar-refractivity contribution in [1.82, 2.24) is 4.98 Å². The number of rotatable bonds is 3. The Balaban J connectivity index is 1.95. The first-order chi connectivity index (χ1) is 10.0. The van der Waals surface area contributed by atoms with Gasteiger partial charge in [0.1, 0.15) is 5.75 Å². The third-order valence-electron chi connectivity index (χ3n) is 2.92. The fourth-order valence-corrected chi connectivity index (χ4v) is 1.90. The van der Waals surface area contributed by atoms with Crippen LogP contribution in [0.25, 0.3) is 11.1 Å². The number of nitrogen functional groups attached to an aromatic ring is 1. The van der Waals surface area contributed by atoms with Crippen LogP contribution in [0.15, 0.2) is 45.6 Å². The monoisotopic (exact) mass is 285 g/mol. The van der Waals surface area contributed by atoms with E-state index in [1.165, 1.54) is 6.07 Å². The minimum Gasteiger partial charge on any atom is -0.455 e. The van der Waals surface area contributed by atoms with Crippen molar-refractivity contribution in [3.8, 4) is 11.5 Å². The van der Waals surface area contributed by atoms with Crippen LogP contribution in [0.2, 0.25) is 0 Å². The molecule has 1 aromatic heterocycles. The number of carbonyl (C=O) groups excluding carboxylic acids is 1. The van der Waals surface area contributed by atoms with Crippen LogP contribution in [0, 0.1) is 0 Å². The van der Waals surface area contributed by atoms with Crippen LogP contribution < -0.4 is 22.0 Å². The van der Waals surface area contributed by atoms with Crippen molar-refractivity contribution >= 4 is 22.7 Å². The van der Waals surface area contributed by atoms with Gasteiger partial charge in [0.15, 0.2) is 11.3 Å². The minimum atomic E-state index is -0.563. The molecule has 0 radical (unpaired) electrons. The number of H-pyrrole nitrogens is 1. The van der Waals surface area contributed by atoms with E-state index in [1.54, 1.807) is 30.3 Å². The Morgan fingerprint density at radius 1 is 1.19 bits per heavy atom. The van der Waals surface area contributed by atoms with Crippen LogP contribution in [-0.2, 0) is 0 Å². The van der Waals surface area contributed by atoms with E-state index in [-0.39, 0.29) is 0 Å². The van der Waals surface area contributed by atoms with E-state index in [0.717, 1.165) is 0 Å². The Morgan fingerprint density at radius 2 is 1.90 bits per heavy atom. The third-order valence-corrected chi connectivity index (χ3v) is 2.92. The molecule has 0 unspecified atom stereocenters. The maximum atomic E-state index is 11.1. The Hall–Kier alpha value is -3.22. The maximum Gasteiger partial charge on any atom is 0.417 e. The average molecular weight is 285 g/mol. The van der Waals surface area contributed by atoms with Gasteiger partial charge in [-0.2, -0.15) is 0 Å². The summed E-state index contributed by atoms with van der Waals surface area (Å²) in [5.74, 6) is -0.228. The molecule has 106 valence electrons. The molecule has 0 fully saturated rings. The van der Waals surface area contributed by atoms with Crippen molar-refractivity contribution in [1.29, 1.82) is 0 Å². The number of fused-ring (bicyclic) bond motifs is 1. The lowest BCUT2D eigenvalue weighted by atomic mass is 10.2. The summed E-state index contributed by atoms with van der Waals surface area (Å²) in [6.45, 7) is 0. The zero-order chi connectivity index (χ0) is 15.0. The number of hydrogen-bond acceptors (Lipinski definition) is 5. The Kier molecular flexibility index (Phi) is 2.87. The summed E-state index contributed by atoms with van der Waals surface area (Å²) in [5, 5.41) is 0. The molecule has 0 bridgehead atoms. The highest BCUT2D eigenvalue weighted by Gasteiger charge is 2.09. The first-order valence-electron chi connectivity index (χ1n) is 6.03. The van der Waals surface area contributed by atoms with Gasteiger partial charge < -0.3 is 20.6 Å². The average Bonchev–Trinajstić information content (AvgIpc) is 2.79. The van der Waals surface area contributed by atoms with Crippen molar-refractivity contribution < 1.29 is 13.9 Å². The largest absolute Gasteiger partial charge is 0.455 e. The zero-order valence-electron chi connectivity index (χ0n) is 10.8. The lowest BCUT2D eigenvalue weighted by molar-refractivity contribution is 0.100. The Bertz CT molecular complexity index is 877. The first kappa shape index (κ1) is 12.8. The predicted octanol–water partition coefficient (Wildman–Crippen LogP) is 1.59. The van der Waals surface area contributed by atoms with E-state index in [1.807, 2.05) is 0 Å². The van der Waals surface area contributed by atoms with Crippen molar-refractivity contribution in [3.63, 3.8) is 0 Å². The van der Waals surface area contributed by atoms with E-state index in [0.29, 0.717) is 33.8 Å². The number of nitrogens with two attached hydrogens (primary N) is 2. The molecule has 2 aromatic carbocycles. The standard InChI is InChI=1S/C14H11N3O4/c15-9-5-12-10(17-14(19)21-12)6-11(9)20-8-3-1-7(2-4-8)13(16)18/h1-6H,15H2,(H2,16,18)(H,17,19). The van der Waals surface area contributed by atoms with E-state index in [4.69, 9.17) is 20.6 Å². The van der Waals surface area contributed by atoms with Gasteiger partial charge in [-0.1, -0.05) is 0 Å². The minimum absolute atomic E-state index is 0.323. The summed E-state index contributed by atoms with van der Waals surface area (Å²) in [5.41, 5.74) is 12.6. The molecule has 7 nitrogen and oxygen atoms in total. The summed E-state index contributed by atoms with van der Waals surface area (Å²) in [4.78, 5) is 24.6. The van der Waals surface area contributed by atoms with Crippen molar-refractivity contribution in [2.75, 3.05) is 5.73 Å². The molecule has 0 aliphatic carbocycles. The lowest BCUT2D eigenvalue weighted by Crippen LogP contribution is -2.10. The second-order valence-electron chi connectivity index (χ2n) is 4.39. The van der Waals surface area contributed by atoms with Gasteiger partial charge in [-0.25, -0.2) is 4.79 Å². The van der Waals surface area contributed by atoms with Gasteiger partial charge in [-0.3, -0.25) is 9.78 Å². The fourth-order valence-electron chi connectivity index (χ4n) is 1.90. The molecule has 3 rings (SSSR count). The van der Waals surface area contributed by atoms with Gasteiger partial charge in [0.2, 0.25) is 5.91 Å². The number of amides is 1. The number of aromatic amines is 1. The number of benzene rings is 2. The molecule has 0 aliphatic rings. The van der Waals surface area contributed by atoms with E-state index in [9.17, 15) is 9.59 Å². The molecule has 5 N–H and O–H groups in total. The van der Waals surface area contributed by atoms with Gasteiger partial charge in [-0.15, -0.1) is 0 Å².